The van der Waals surface area contributed by atoms with Gasteiger partial charge in [-0.05, 0) is 25.2 Å². The van der Waals surface area contributed by atoms with Crippen LogP contribution in [0.15, 0.2) is 0 Å². The average molecular weight is 238 g/mol. The first-order valence-corrected chi connectivity index (χ1v) is 6.44. The number of hydrogen-bond donors (Lipinski definition) is 1. The zero-order valence-electron chi connectivity index (χ0n) is 9.85. The first kappa shape index (κ1) is 11.0. The normalized spacial score (nSPS) is 33.6. The maximum atomic E-state index is 12.2. The van der Waals surface area contributed by atoms with E-state index in [9.17, 15) is 9.59 Å². The zero-order chi connectivity index (χ0) is 11.8. The van der Waals surface area contributed by atoms with Gasteiger partial charge in [-0.3, -0.25) is 9.59 Å². The topological polar surface area (TPSA) is 58.6 Å². The maximum absolute atomic E-state index is 12.2. The Morgan fingerprint density at radius 2 is 2.18 bits per heavy atom. The molecule has 0 aromatic carbocycles. The van der Waals surface area contributed by atoms with Crippen LogP contribution < -0.4 is 5.32 Å². The van der Waals surface area contributed by atoms with E-state index in [4.69, 9.17) is 4.74 Å². The van der Waals surface area contributed by atoms with E-state index in [1.807, 2.05) is 4.90 Å². The highest BCUT2D eigenvalue weighted by Gasteiger charge is 2.38. The number of rotatable bonds is 2. The quantitative estimate of drug-likeness (QED) is 0.731. The maximum Gasteiger partial charge on any atom is 0.245 e. The molecule has 1 saturated carbocycles. The summed E-state index contributed by atoms with van der Waals surface area (Å²) in [7, 11) is 0. The summed E-state index contributed by atoms with van der Waals surface area (Å²) in [6, 6.07) is -0.291. The predicted octanol–water partition coefficient (Wildman–Crippen LogP) is -0.0976. The third-order valence-corrected chi connectivity index (χ3v) is 3.85. The van der Waals surface area contributed by atoms with Gasteiger partial charge in [0, 0.05) is 19.5 Å². The molecule has 5 heteroatoms. The van der Waals surface area contributed by atoms with Gasteiger partial charge in [-0.1, -0.05) is 0 Å². The monoisotopic (exact) mass is 238 g/mol. The second-order valence-electron chi connectivity index (χ2n) is 5.19. The minimum Gasteiger partial charge on any atom is -0.374 e. The first-order chi connectivity index (χ1) is 8.24. The van der Waals surface area contributed by atoms with Crippen molar-refractivity contribution in [3.8, 4) is 0 Å². The van der Waals surface area contributed by atoms with Gasteiger partial charge in [-0.15, -0.1) is 0 Å². The fraction of sp³-hybridized carbons (Fsp3) is 0.833. The molecule has 94 valence electrons. The van der Waals surface area contributed by atoms with Crippen LogP contribution >= 0.6 is 0 Å². The molecule has 0 radical (unpaired) electrons. The molecule has 0 aromatic heterocycles. The predicted molar refractivity (Wildman–Crippen MR) is 60.2 cm³/mol. The Balaban J connectivity index is 1.59. The molecule has 2 amide bonds. The SMILES string of the molecule is O=C1CC[C@H](C(=O)N2CCOC(C3CC3)C2)N1. The van der Waals surface area contributed by atoms with Crippen molar-refractivity contribution >= 4 is 11.8 Å². The fourth-order valence-electron chi connectivity index (χ4n) is 2.65. The molecule has 0 bridgehead atoms. The average Bonchev–Trinajstić information content (AvgIpc) is 3.11. The van der Waals surface area contributed by atoms with Gasteiger partial charge >= 0.3 is 0 Å². The Kier molecular flexibility index (Phi) is 2.78. The number of hydrogen-bond acceptors (Lipinski definition) is 3. The van der Waals surface area contributed by atoms with Crippen molar-refractivity contribution in [3.05, 3.63) is 0 Å². The highest BCUT2D eigenvalue weighted by Crippen LogP contribution is 2.35. The van der Waals surface area contributed by atoms with Gasteiger partial charge in [0.2, 0.25) is 11.8 Å². The van der Waals surface area contributed by atoms with Crippen molar-refractivity contribution in [1.29, 1.82) is 0 Å². The summed E-state index contributed by atoms with van der Waals surface area (Å²) in [5.41, 5.74) is 0. The standard InChI is InChI=1S/C12H18N2O3/c15-11-4-3-9(13-11)12(16)14-5-6-17-10(7-14)8-1-2-8/h8-10H,1-7H2,(H,13,15)/t9-,10?/m1/s1. The van der Waals surface area contributed by atoms with E-state index in [0.29, 0.717) is 38.5 Å². The lowest BCUT2D eigenvalue weighted by atomic mass is 10.1. The van der Waals surface area contributed by atoms with Crippen LogP contribution in [0.2, 0.25) is 0 Å². The van der Waals surface area contributed by atoms with Gasteiger partial charge in [0.25, 0.3) is 0 Å². The molecule has 1 aliphatic carbocycles. The van der Waals surface area contributed by atoms with Crippen LogP contribution in [0.5, 0.6) is 0 Å². The molecule has 2 heterocycles. The van der Waals surface area contributed by atoms with Gasteiger partial charge in [0.1, 0.15) is 6.04 Å². The lowest BCUT2D eigenvalue weighted by Gasteiger charge is -2.34. The first-order valence-electron chi connectivity index (χ1n) is 6.44. The summed E-state index contributed by atoms with van der Waals surface area (Å²) < 4.78 is 5.68. The van der Waals surface area contributed by atoms with E-state index >= 15 is 0 Å². The molecule has 2 atom stereocenters. The summed E-state index contributed by atoms with van der Waals surface area (Å²) in [5.74, 6) is 0.726. The van der Waals surface area contributed by atoms with Gasteiger partial charge < -0.3 is 15.0 Å². The third-order valence-electron chi connectivity index (χ3n) is 3.85. The Bertz CT molecular complexity index is 341. The second-order valence-corrected chi connectivity index (χ2v) is 5.19. The molecule has 0 spiro atoms. The number of morpholine rings is 1. The molecule has 1 unspecified atom stereocenters. The second kappa shape index (κ2) is 4.29. The van der Waals surface area contributed by atoms with Crippen LogP contribution in [-0.4, -0.2) is 48.6 Å². The number of nitrogens with one attached hydrogen (secondary N) is 1. The summed E-state index contributed by atoms with van der Waals surface area (Å²) in [6.07, 6.45) is 3.81. The van der Waals surface area contributed by atoms with Crippen molar-refractivity contribution in [3.63, 3.8) is 0 Å². The van der Waals surface area contributed by atoms with Crippen molar-refractivity contribution in [2.45, 2.75) is 37.8 Å². The molecule has 3 fully saturated rings. The lowest BCUT2D eigenvalue weighted by Crippen LogP contribution is -2.52. The molecule has 5 nitrogen and oxygen atoms in total. The van der Waals surface area contributed by atoms with E-state index in [-0.39, 0.29) is 24.0 Å². The zero-order valence-corrected chi connectivity index (χ0v) is 9.85. The Morgan fingerprint density at radius 3 is 2.82 bits per heavy atom. The van der Waals surface area contributed by atoms with Gasteiger partial charge in [0.05, 0.1) is 12.7 Å². The molecule has 0 aromatic rings. The number of nitrogens with zero attached hydrogens (tertiary/aromatic N) is 1. The fourth-order valence-corrected chi connectivity index (χ4v) is 2.65. The van der Waals surface area contributed by atoms with Gasteiger partial charge in [-0.25, -0.2) is 0 Å². The minimum atomic E-state index is -0.291. The van der Waals surface area contributed by atoms with Crippen molar-refractivity contribution in [2.24, 2.45) is 5.92 Å². The number of carbonyl (C=O) groups is 2. The van der Waals surface area contributed by atoms with Gasteiger partial charge in [-0.2, -0.15) is 0 Å². The summed E-state index contributed by atoms with van der Waals surface area (Å²) in [4.78, 5) is 25.2. The summed E-state index contributed by atoms with van der Waals surface area (Å²) in [5, 5.41) is 2.74. The van der Waals surface area contributed by atoms with E-state index < -0.39 is 0 Å². The Morgan fingerprint density at radius 1 is 1.35 bits per heavy atom. The van der Waals surface area contributed by atoms with Crippen molar-refractivity contribution < 1.29 is 14.3 Å². The van der Waals surface area contributed by atoms with Crippen molar-refractivity contribution in [2.75, 3.05) is 19.7 Å². The van der Waals surface area contributed by atoms with Crippen molar-refractivity contribution in [1.82, 2.24) is 10.2 Å². The number of ether oxygens (including phenoxy) is 1. The molecular formula is C12H18N2O3. The molecule has 2 aliphatic heterocycles. The van der Waals surface area contributed by atoms with E-state index in [1.165, 1.54) is 12.8 Å². The highest BCUT2D eigenvalue weighted by molar-refractivity contribution is 5.90. The molecular weight excluding hydrogens is 220 g/mol. The lowest BCUT2D eigenvalue weighted by molar-refractivity contribution is -0.142. The Labute approximate surface area is 100 Å². The third kappa shape index (κ3) is 2.29. The largest absolute Gasteiger partial charge is 0.374 e. The van der Waals surface area contributed by atoms with Crippen LogP contribution in [0.3, 0.4) is 0 Å². The van der Waals surface area contributed by atoms with Crippen LogP contribution in [-0.2, 0) is 14.3 Å². The Hall–Kier alpha value is -1.10. The minimum absolute atomic E-state index is 0.00430. The smallest absolute Gasteiger partial charge is 0.245 e. The van der Waals surface area contributed by atoms with Gasteiger partial charge in [0.15, 0.2) is 0 Å². The van der Waals surface area contributed by atoms with Crippen LogP contribution in [0.25, 0.3) is 0 Å². The number of amides is 2. The van der Waals surface area contributed by atoms with E-state index in [2.05, 4.69) is 5.32 Å². The summed E-state index contributed by atoms with van der Waals surface area (Å²) in [6.45, 7) is 2.00. The van der Waals surface area contributed by atoms with Crippen LogP contribution in [0.1, 0.15) is 25.7 Å². The van der Waals surface area contributed by atoms with E-state index in [0.717, 1.165) is 0 Å². The molecule has 17 heavy (non-hydrogen) atoms. The molecule has 3 rings (SSSR count). The van der Waals surface area contributed by atoms with Crippen LogP contribution in [0, 0.1) is 5.92 Å². The highest BCUT2D eigenvalue weighted by atomic mass is 16.5. The molecule has 1 N–H and O–H groups in total. The molecule has 3 aliphatic rings. The van der Waals surface area contributed by atoms with E-state index in [1.54, 1.807) is 0 Å². The van der Waals surface area contributed by atoms with Crippen LogP contribution in [0.4, 0.5) is 0 Å². The number of carbonyl (C=O) groups excluding carboxylic acids is 2. The summed E-state index contributed by atoms with van der Waals surface area (Å²) >= 11 is 0. The molecule has 2 saturated heterocycles.